The van der Waals surface area contributed by atoms with Crippen molar-refractivity contribution in [3.8, 4) is 0 Å². The Balaban J connectivity index is 1.89. The lowest BCUT2D eigenvalue weighted by molar-refractivity contribution is 0.0901. The Morgan fingerprint density at radius 1 is 1.37 bits per heavy atom. The van der Waals surface area contributed by atoms with E-state index in [-0.39, 0.29) is 18.2 Å². The maximum Gasteiger partial charge on any atom is 0.163 e. The SMILES string of the molecule is O=C(CC1CCCN(CCO)C1)c1ccc(F)cc1. The zero-order chi connectivity index (χ0) is 13.7. The second-order valence-electron chi connectivity index (χ2n) is 5.17. The van der Waals surface area contributed by atoms with Crippen molar-refractivity contribution in [1.82, 2.24) is 4.90 Å². The third-order valence-electron chi connectivity index (χ3n) is 3.66. The Morgan fingerprint density at radius 2 is 2.11 bits per heavy atom. The molecule has 19 heavy (non-hydrogen) atoms. The van der Waals surface area contributed by atoms with Crippen LogP contribution in [0.25, 0.3) is 0 Å². The van der Waals surface area contributed by atoms with Gasteiger partial charge in [0.1, 0.15) is 5.82 Å². The quantitative estimate of drug-likeness (QED) is 0.829. The average Bonchev–Trinajstić information content (AvgIpc) is 2.40. The van der Waals surface area contributed by atoms with E-state index in [1.54, 1.807) is 12.1 Å². The molecule has 3 nitrogen and oxygen atoms in total. The minimum Gasteiger partial charge on any atom is -0.395 e. The van der Waals surface area contributed by atoms with Crippen molar-refractivity contribution in [1.29, 1.82) is 0 Å². The third-order valence-corrected chi connectivity index (χ3v) is 3.66. The van der Waals surface area contributed by atoms with E-state index in [1.807, 2.05) is 0 Å². The molecule has 2 rings (SSSR count). The van der Waals surface area contributed by atoms with Gasteiger partial charge < -0.3 is 10.0 Å². The molecule has 1 aromatic carbocycles. The van der Waals surface area contributed by atoms with Crippen LogP contribution in [0.2, 0.25) is 0 Å². The molecule has 1 aliphatic rings. The lowest BCUT2D eigenvalue weighted by atomic mass is 9.91. The molecule has 1 fully saturated rings. The van der Waals surface area contributed by atoms with Gasteiger partial charge in [0.25, 0.3) is 0 Å². The Kier molecular flexibility index (Phi) is 5.05. The van der Waals surface area contributed by atoms with E-state index >= 15 is 0 Å². The van der Waals surface area contributed by atoms with Gasteiger partial charge in [-0.1, -0.05) is 0 Å². The summed E-state index contributed by atoms with van der Waals surface area (Å²) in [5, 5.41) is 8.95. The standard InChI is InChI=1S/C15H20FNO2/c16-14-5-3-13(4-6-14)15(19)10-12-2-1-7-17(11-12)8-9-18/h3-6,12,18H,1-2,7-11H2. The van der Waals surface area contributed by atoms with Gasteiger partial charge in [0.2, 0.25) is 0 Å². The highest BCUT2D eigenvalue weighted by atomic mass is 19.1. The molecule has 1 atom stereocenters. The van der Waals surface area contributed by atoms with Gasteiger partial charge in [-0.25, -0.2) is 4.39 Å². The summed E-state index contributed by atoms with van der Waals surface area (Å²) in [6.45, 7) is 2.72. The highest BCUT2D eigenvalue weighted by Gasteiger charge is 2.22. The van der Waals surface area contributed by atoms with Crippen LogP contribution in [0.4, 0.5) is 4.39 Å². The number of hydrogen-bond acceptors (Lipinski definition) is 3. The van der Waals surface area contributed by atoms with Crippen molar-refractivity contribution in [3.63, 3.8) is 0 Å². The first kappa shape index (κ1) is 14.2. The molecule has 0 aromatic heterocycles. The molecule has 1 heterocycles. The van der Waals surface area contributed by atoms with Crippen LogP contribution in [-0.2, 0) is 0 Å². The van der Waals surface area contributed by atoms with Gasteiger partial charge in [0, 0.05) is 25.1 Å². The Bertz CT molecular complexity index is 417. The van der Waals surface area contributed by atoms with Crippen molar-refractivity contribution in [3.05, 3.63) is 35.6 Å². The molecule has 0 aliphatic carbocycles. The van der Waals surface area contributed by atoms with E-state index in [0.717, 1.165) is 25.9 Å². The van der Waals surface area contributed by atoms with E-state index in [9.17, 15) is 9.18 Å². The lowest BCUT2D eigenvalue weighted by Crippen LogP contribution is -2.37. The average molecular weight is 265 g/mol. The summed E-state index contributed by atoms with van der Waals surface area (Å²) >= 11 is 0. The molecule has 0 spiro atoms. The second kappa shape index (κ2) is 6.78. The van der Waals surface area contributed by atoms with E-state index < -0.39 is 0 Å². The van der Waals surface area contributed by atoms with Gasteiger partial charge >= 0.3 is 0 Å². The molecule has 1 N–H and O–H groups in total. The van der Waals surface area contributed by atoms with Crippen LogP contribution in [0.5, 0.6) is 0 Å². The number of likely N-dealkylation sites (tertiary alicyclic amines) is 1. The largest absolute Gasteiger partial charge is 0.395 e. The summed E-state index contributed by atoms with van der Waals surface area (Å²) in [5.74, 6) is 0.108. The molecule has 0 radical (unpaired) electrons. The molecular weight excluding hydrogens is 245 g/mol. The van der Waals surface area contributed by atoms with E-state index in [2.05, 4.69) is 4.90 Å². The van der Waals surface area contributed by atoms with Crippen LogP contribution in [-0.4, -0.2) is 42.0 Å². The predicted molar refractivity (Wildman–Crippen MR) is 71.6 cm³/mol. The molecule has 104 valence electrons. The van der Waals surface area contributed by atoms with Gasteiger partial charge in [-0.15, -0.1) is 0 Å². The number of carbonyl (C=O) groups excluding carboxylic acids is 1. The number of β-amino-alcohol motifs (C(OH)–C–C–N with tert-alkyl or cyclic N) is 1. The van der Waals surface area contributed by atoms with Gasteiger partial charge in [0.15, 0.2) is 5.78 Å². The topological polar surface area (TPSA) is 40.5 Å². The fraction of sp³-hybridized carbons (Fsp3) is 0.533. The van der Waals surface area contributed by atoms with Crippen LogP contribution in [0, 0.1) is 11.7 Å². The predicted octanol–water partition coefficient (Wildman–Crippen LogP) is 2.10. The first-order valence-electron chi connectivity index (χ1n) is 6.81. The normalized spacial score (nSPS) is 20.4. The van der Waals surface area contributed by atoms with Gasteiger partial charge in [0.05, 0.1) is 6.61 Å². The van der Waals surface area contributed by atoms with Crippen molar-refractivity contribution in [2.75, 3.05) is 26.2 Å². The number of rotatable bonds is 5. The van der Waals surface area contributed by atoms with Gasteiger partial charge in [-0.2, -0.15) is 0 Å². The molecule has 1 aromatic rings. The number of ketones is 1. The smallest absolute Gasteiger partial charge is 0.163 e. The number of benzene rings is 1. The van der Waals surface area contributed by atoms with Crippen LogP contribution in [0.1, 0.15) is 29.6 Å². The van der Waals surface area contributed by atoms with E-state index in [0.29, 0.717) is 24.4 Å². The summed E-state index contributed by atoms with van der Waals surface area (Å²) in [7, 11) is 0. The molecule has 1 aliphatic heterocycles. The lowest BCUT2D eigenvalue weighted by Gasteiger charge is -2.31. The van der Waals surface area contributed by atoms with Crippen LogP contribution >= 0.6 is 0 Å². The summed E-state index contributed by atoms with van der Waals surface area (Å²) in [6, 6.07) is 5.75. The number of halogens is 1. The highest BCUT2D eigenvalue weighted by molar-refractivity contribution is 5.96. The van der Waals surface area contributed by atoms with Gasteiger partial charge in [-0.05, 0) is 49.6 Å². The van der Waals surface area contributed by atoms with Crippen LogP contribution in [0.15, 0.2) is 24.3 Å². The molecule has 0 bridgehead atoms. The maximum atomic E-state index is 12.8. The van der Waals surface area contributed by atoms with E-state index in [4.69, 9.17) is 5.11 Å². The van der Waals surface area contributed by atoms with Crippen molar-refractivity contribution in [2.24, 2.45) is 5.92 Å². The number of aliphatic hydroxyl groups excluding tert-OH is 1. The minimum atomic E-state index is -0.316. The molecule has 0 amide bonds. The number of piperidine rings is 1. The highest BCUT2D eigenvalue weighted by Crippen LogP contribution is 2.21. The fourth-order valence-electron chi connectivity index (χ4n) is 2.68. The number of aliphatic hydroxyl groups is 1. The molecule has 1 unspecified atom stereocenters. The Morgan fingerprint density at radius 3 is 2.79 bits per heavy atom. The number of carbonyl (C=O) groups is 1. The number of hydrogen-bond donors (Lipinski definition) is 1. The number of Topliss-reactive ketones (excluding diaryl/α,β-unsaturated/α-hetero) is 1. The summed E-state index contributed by atoms with van der Waals surface area (Å²) < 4.78 is 12.8. The first-order valence-corrected chi connectivity index (χ1v) is 6.81. The monoisotopic (exact) mass is 265 g/mol. The summed E-state index contributed by atoms with van der Waals surface area (Å²) in [6.07, 6.45) is 2.63. The first-order chi connectivity index (χ1) is 9.19. The number of nitrogens with zero attached hydrogens (tertiary/aromatic N) is 1. The fourth-order valence-corrected chi connectivity index (χ4v) is 2.68. The Hall–Kier alpha value is -1.26. The summed E-state index contributed by atoms with van der Waals surface area (Å²) in [4.78, 5) is 14.3. The second-order valence-corrected chi connectivity index (χ2v) is 5.17. The maximum absolute atomic E-state index is 12.8. The third kappa shape index (κ3) is 4.11. The van der Waals surface area contributed by atoms with Crippen LogP contribution in [0.3, 0.4) is 0 Å². The molecular formula is C15H20FNO2. The molecule has 0 saturated carbocycles. The van der Waals surface area contributed by atoms with Crippen molar-refractivity contribution in [2.45, 2.75) is 19.3 Å². The Labute approximate surface area is 113 Å². The van der Waals surface area contributed by atoms with Crippen LogP contribution < -0.4 is 0 Å². The minimum absolute atomic E-state index is 0.0795. The zero-order valence-corrected chi connectivity index (χ0v) is 11.0. The van der Waals surface area contributed by atoms with Crippen molar-refractivity contribution >= 4 is 5.78 Å². The molecule has 4 heteroatoms. The van der Waals surface area contributed by atoms with Gasteiger partial charge in [-0.3, -0.25) is 4.79 Å². The molecule has 1 saturated heterocycles. The van der Waals surface area contributed by atoms with Crippen molar-refractivity contribution < 1.29 is 14.3 Å². The van der Waals surface area contributed by atoms with E-state index in [1.165, 1.54) is 12.1 Å². The zero-order valence-electron chi connectivity index (χ0n) is 11.0. The summed E-state index contributed by atoms with van der Waals surface area (Å²) in [5.41, 5.74) is 0.584.